The van der Waals surface area contributed by atoms with E-state index in [1.165, 1.54) is 23.1 Å². The summed E-state index contributed by atoms with van der Waals surface area (Å²) >= 11 is 5.94. The first-order valence-electron chi connectivity index (χ1n) is 9.33. The topological polar surface area (TPSA) is 80.0 Å². The van der Waals surface area contributed by atoms with Crippen molar-refractivity contribution in [2.75, 3.05) is 37.0 Å². The van der Waals surface area contributed by atoms with Crippen molar-refractivity contribution in [3.8, 4) is 5.69 Å². The number of carbonyl (C=O) groups excluding carboxylic acids is 1. The maximum atomic E-state index is 13.6. The molecule has 2 aromatic heterocycles. The molecule has 0 N–H and O–H groups in total. The number of rotatable bonds is 4. The monoisotopic (exact) mass is 417 g/mol. The predicted molar refractivity (Wildman–Crippen MR) is 108 cm³/mol. The molecule has 1 fully saturated rings. The van der Waals surface area contributed by atoms with Crippen LogP contribution in [0.5, 0.6) is 0 Å². The number of nitrogens with zero attached hydrogens (tertiary/aromatic N) is 7. The number of aromatic nitrogens is 5. The molecule has 8 nitrogen and oxygen atoms in total. The summed E-state index contributed by atoms with van der Waals surface area (Å²) in [5, 5.41) is 8.37. The van der Waals surface area contributed by atoms with Gasteiger partial charge in [-0.15, -0.1) is 16.7 Å². The minimum absolute atomic E-state index is 0.0528. The lowest BCUT2D eigenvalue weighted by Gasteiger charge is -2.38. The van der Waals surface area contributed by atoms with Crippen LogP contribution in [0.1, 0.15) is 13.8 Å². The molecular weight excluding hydrogens is 397 g/mol. The Balaban J connectivity index is 1.58. The summed E-state index contributed by atoms with van der Waals surface area (Å²) in [7, 11) is 0. The number of anilines is 1. The van der Waals surface area contributed by atoms with Crippen molar-refractivity contribution in [1.29, 1.82) is 0 Å². The highest BCUT2D eigenvalue weighted by atomic mass is 35.5. The van der Waals surface area contributed by atoms with E-state index in [4.69, 9.17) is 11.6 Å². The largest absolute Gasteiger partial charge is 0.351 e. The summed E-state index contributed by atoms with van der Waals surface area (Å²) in [6, 6.07) is 6.09. The quantitative estimate of drug-likeness (QED) is 0.606. The number of benzene rings is 1. The van der Waals surface area contributed by atoms with E-state index in [2.05, 4.69) is 25.2 Å². The van der Waals surface area contributed by atoms with Crippen LogP contribution in [0.4, 0.5) is 10.2 Å². The van der Waals surface area contributed by atoms with Crippen molar-refractivity contribution >= 4 is 34.5 Å². The van der Waals surface area contributed by atoms with E-state index in [1.807, 2.05) is 18.7 Å². The molecule has 4 rings (SSSR count). The fourth-order valence-corrected chi connectivity index (χ4v) is 3.47. The minimum atomic E-state index is -0.584. The first-order valence-corrected chi connectivity index (χ1v) is 9.87. The molecule has 10 heteroatoms. The van der Waals surface area contributed by atoms with Crippen molar-refractivity contribution in [2.45, 2.75) is 13.8 Å². The molecule has 0 aliphatic carbocycles. The number of alkyl halides is 1. The molecule has 1 amide bonds. The Morgan fingerprint density at radius 3 is 2.66 bits per heavy atom. The molecule has 3 heterocycles. The van der Waals surface area contributed by atoms with Crippen molar-refractivity contribution < 1.29 is 9.18 Å². The Kier molecular flexibility index (Phi) is 5.08. The van der Waals surface area contributed by atoms with Crippen molar-refractivity contribution in [3.63, 3.8) is 0 Å². The molecule has 29 heavy (non-hydrogen) atoms. The summed E-state index contributed by atoms with van der Waals surface area (Å²) in [5.74, 6) is 0.626. The molecule has 0 radical (unpaired) electrons. The lowest BCUT2D eigenvalue weighted by molar-refractivity contribution is -0.139. The Labute approximate surface area is 172 Å². The van der Waals surface area contributed by atoms with E-state index in [1.54, 1.807) is 12.1 Å². The number of hydrogen-bond acceptors (Lipinski definition) is 6. The molecular formula is C19H21ClFN7O. The van der Waals surface area contributed by atoms with Crippen LogP contribution in [0, 0.1) is 11.2 Å². The van der Waals surface area contributed by atoms with Crippen molar-refractivity contribution in [3.05, 3.63) is 36.4 Å². The van der Waals surface area contributed by atoms with E-state index >= 15 is 0 Å². The van der Waals surface area contributed by atoms with Gasteiger partial charge in [-0.05, 0) is 32.0 Å². The van der Waals surface area contributed by atoms with Gasteiger partial charge in [0.25, 0.3) is 0 Å². The minimum Gasteiger partial charge on any atom is -0.351 e. The Morgan fingerprint density at radius 1 is 1.21 bits per heavy atom. The van der Waals surface area contributed by atoms with E-state index < -0.39 is 5.41 Å². The van der Waals surface area contributed by atoms with Crippen molar-refractivity contribution in [2.24, 2.45) is 5.41 Å². The van der Waals surface area contributed by atoms with Gasteiger partial charge < -0.3 is 9.80 Å². The lowest BCUT2D eigenvalue weighted by atomic mass is 9.94. The molecule has 0 unspecified atom stereocenters. The van der Waals surface area contributed by atoms with E-state index in [0.29, 0.717) is 48.8 Å². The zero-order chi connectivity index (χ0) is 20.6. The fraction of sp³-hybridized carbons (Fsp3) is 0.421. The zero-order valence-electron chi connectivity index (χ0n) is 16.2. The van der Waals surface area contributed by atoms with Gasteiger partial charge in [0.05, 0.1) is 11.1 Å². The molecule has 1 aliphatic heterocycles. The molecule has 0 atom stereocenters. The van der Waals surface area contributed by atoms with Crippen LogP contribution in [0.15, 0.2) is 30.6 Å². The number of fused-ring (bicyclic) bond motifs is 1. The normalized spacial score (nSPS) is 15.2. The van der Waals surface area contributed by atoms with Crippen LogP contribution >= 0.6 is 11.6 Å². The van der Waals surface area contributed by atoms with Crippen LogP contribution in [0.3, 0.4) is 0 Å². The molecule has 3 aromatic rings. The summed E-state index contributed by atoms with van der Waals surface area (Å²) < 4.78 is 15.1. The second kappa shape index (κ2) is 7.55. The predicted octanol–water partition coefficient (Wildman–Crippen LogP) is 2.26. The van der Waals surface area contributed by atoms with Gasteiger partial charge in [-0.3, -0.25) is 4.79 Å². The first kappa shape index (κ1) is 19.5. The molecule has 1 aromatic carbocycles. The zero-order valence-corrected chi connectivity index (χ0v) is 17.0. The maximum Gasteiger partial charge on any atom is 0.229 e. The lowest BCUT2D eigenvalue weighted by Crippen LogP contribution is -2.52. The van der Waals surface area contributed by atoms with E-state index in [-0.39, 0.29) is 17.6 Å². The smallest absolute Gasteiger partial charge is 0.229 e. The van der Waals surface area contributed by atoms with Crippen LogP contribution in [0.2, 0.25) is 0 Å². The third-order valence-electron chi connectivity index (χ3n) is 5.05. The van der Waals surface area contributed by atoms with Gasteiger partial charge in [0.15, 0.2) is 17.0 Å². The molecule has 0 saturated carbocycles. The Bertz CT molecular complexity index is 1050. The highest BCUT2D eigenvalue weighted by Crippen LogP contribution is 2.26. The summed E-state index contributed by atoms with van der Waals surface area (Å²) in [4.78, 5) is 25.2. The number of hydrogen-bond donors (Lipinski definition) is 0. The molecule has 0 bridgehead atoms. The van der Waals surface area contributed by atoms with Crippen LogP contribution in [-0.4, -0.2) is 67.8 Å². The molecule has 1 aliphatic rings. The standard InChI is InChI=1S/C19H21ClFN7O/c1-19(2,11-20)18(29)27-8-6-26(7-9-27)16-15-17(23-12-22-16)28(25-24-15)14-5-3-4-13(21)10-14/h3-5,10,12H,6-9,11H2,1-2H3. The second-order valence-electron chi connectivity index (χ2n) is 7.65. The summed E-state index contributed by atoms with van der Waals surface area (Å²) in [6.45, 7) is 6.08. The van der Waals surface area contributed by atoms with Crippen LogP contribution in [0.25, 0.3) is 16.9 Å². The van der Waals surface area contributed by atoms with Crippen LogP contribution < -0.4 is 4.90 Å². The molecule has 1 saturated heterocycles. The number of piperazine rings is 1. The maximum absolute atomic E-state index is 13.6. The Morgan fingerprint density at radius 2 is 1.97 bits per heavy atom. The Hall–Kier alpha value is -2.81. The van der Waals surface area contributed by atoms with Crippen molar-refractivity contribution in [1.82, 2.24) is 29.9 Å². The van der Waals surface area contributed by atoms with Gasteiger partial charge in [0.2, 0.25) is 5.91 Å². The SMILES string of the molecule is CC(C)(CCl)C(=O)N1CCN(c2ncnc3c2nnn3-c2cccc(F)c2)CC1. The highest BCUT2D eigenvalue weighted by molar-refractivity contribution is 6.19. The van der Waals surface area contributed by atoms with Gasteiger partial charge in [0.1, 0.15) is 12.1 Å². The van der Waals surface area contributed by atoms with Gasteiger partial charge in [-0.25, -0.2) is 14.4 Å². The average molecular weight is 418 g/mol. The average Bonchev–Trinajstić information content (AvgIpc) is 3.17. The van der Waals surface area contributed by atoms with E-state index in [0.717, 1.165) is 0 Å². The number of carbonyl (C=O) groups is 1. The van der Waals surface area contributed by atoms with Gasteiger partial charge in [0, 0.05) is 32.1 Å². The molecule has 0 spiro atoms. The third-order valence-corrected chi connectivity index (χ3v) is 5.72. The molecule has 152 valence electrons. The van der Waals surface area contributed by atoms with Gasteiger partial charge in [-0.2, -0.15) is 4.68 Å². The fourth-order valence-electron chi connectivity index (χ4n) is 3.36. The number of halogens is 2. The summed E-state index contributed by atoms with van der Waals surface area (Å²) in [5.41, 5.74) is 0.996. The summed E-state index contributed by atoms with van der Waals surface area (Å²) in [6.07, 6.45) is 1.45. The number of amides is 1. The van der Waals surface area contributed by atoms with Gasteiger partial charge in [-0.1, -0.05) is 11.3 Å². The first-order chi connectivity index (χ1) is 13.9. The van der Waals surface area contributed by atoms with Crippen LogP contribution in [-0.2, 0) is 4.79 Å². The van der Waals surface area contributed by atoms with Gasteiger partial charge >= 0.3 is 0 Å². The third kappa shape index (κ3) is 3.62. The highest BCUT2D eigenvalue weighted by Gasteiger charge is 2.33. The van der Waals surface area contributed by atoms with E-state index in [9.17, 15) is 9.18 Å². The second-order valence-corrected chi connectivity index (χ2v) is 7.91.